The highest BCUT2D eigenvalue weighted by atomic mass is 79.9. The number of halogens is 7. The number of benzene rings is 1. The number of nitrogens with zero attached hydrogens (tertiary/aromatic N) is 3. The molecule has 0 radical (unpaired) electrons. The number of alkyl halides is 6. The molecule has 5 nitrogen and oxygen atoms in total. The summed E-state index contributed by atoms with van der Waals surface area (Å²) in [6, 6.07) is 6.00. The van der Waals surface area contributed by atoms with Crippen LogP contribution >= 0.6 is 15.9 Å². The van der Waals surface area contributed by atoms with Gasteiger partial charge in [0.1, 0.15) is 0 Å². The average Bonchev–Trinajstić information content (AvgIpc) is 2.72. The molecule has 2 aliphatic rings. The minimum absolute atomic E-state index is 0.0170. The lowest BCUT2D eigenvalue weighted by atomic mass is 10.1. The fourth-order valence-electron chi connectivity index (χ4n) is 3.92. The normalized spacial score (nSPS) is 18.9. The second kappa shape index (κ2) is 10.1. The molecular formula is C20H24BrF6N3O2. The summed E-state index contributed by atoms with van der Waals surface area (Å²) in [4.78, 5) is 17.2. The van der Waals surface area contributed by atoms with E-state index < -0.39 is 24.5 Å². The molecule has 0 N–H and O–H groups in total. The Balaban J connectivity index is 1.59. The van der Waals surface area contributed by atoms with E-state index in [1.165, 1.54) is 6.42 Å². The van der Waals surface area contributed by atoms with Gasteiger partial charge < -0.3 is 14.5 Å². The van der Waals surface area contributed by atoms with Crippen LogP contribution in [-0.2, 0) is 11.3 Å². The highest BCUT2D eigenvalue weighted by molar-refractivity contribution is 9.10. The van der Waals surface area contributed by atoms with Crippen LogP contribution in [0.5, 0.6) is 0 Å². The van der Waals surface area contributed by atoms with Crippen molar-refractivity contribution in [3.8, 4) is 0 Å². The van der Waals surface area contributed by atoms with Crippen molar-refractivity contribution < 1.29 is 35.9 Å². The first-order chi connectivity index (χ1) is 14.9. The molecule has 0 saturated carbocycles. The lowest BCUT2D eigenvalue weighted by Crippen LogP contribution is -2.52. The Kier molecular flexibility index (Phi) is 7.85. The maximum Gasteiger partial charge on any atom is 0.434 e. The predicted octanol–water partition coefficient (Wildman–Crippen LogP) is 5.19. The van der Waals surface area contributed by atoms with Crippen LogP contribution < -0.4 is 4.90 Å². The topological polar surface area (TPSA) is 36.0 Å². The number of rotatable bonds is 4. The van der Waals surface area contributed by atoms with Crippen LogP contribution in [0.4, 0.5) is 36.8 Å². The van der Waals surface area contributed by atoms with Crippen LogP contribution in [0.2, 0.25) is 0 Å². The summed E-state index contributed by atoms with van der Waals surface area (Å²) < 4.78 is 80.6. The fourth-order valence-corrected chi connectivity index (χ4v) is 4.27. The largest absolute Gasteiger partial charge is 0.434 e. The van der Waals surface area contributed by atoms with Crippen LogP contribution in [0.3, 0.4) is 0 Å². The lowest BCUT2D eigenvalue weighted by molar-refractivity contribution is -0.308. The van der Waals surface area contributed by atoms with Gasteiger partial charge in [0.25, 0.3) is 6.10 Å². The van der Waals surface area contributed by atoms with Crippen LogP contribution in [-0.4, -0.2) is 73.6 Å². The quantitative estimate of drug-likeness (QED) is 0.501. The molecule has 2 fully saturated rings. The standard InChI is InChI=1S/C20H24BrF6N3O2/c21-15-5-4-14(16(12-15)29-6-2-1-3-7-29)13-28-8-10-30(11-9-28)18(31)32-17(19(22,23)24)20(25,26)27/h4-5,12,17H,1-3,6-11,13H2. The van der Waals surface area contributed by atoms with E-state index in [0.717, 1.165) is 46.6 Å². The van der Waals surface area contributed by atoms with E-state index in [0.29, 0.717) is 19.6 Å². The molecule has 3 rings (SSSR count). The van der Waals surface area contributed by atoms with Gasteiger partial charge in [-0.2, -0.15) is 26.3 Å². The van der Waals surface area contributed by atoms with Crippen molar-refractivity contribution in [1.29, 1.82) is 0 Å². The van der Waals surface area contributed by atoms with Gasteiger partial charge in [0.05, 0.1) is 0 Å². The number of ether oxygens (including phenoxy) is 1. The Labute approximate surface area is 190 Å². The van der Waals surface area contributed by atoms with Crippen molar-refractivity contribution in [2.45, 2.75) is 44.3 Å². The van der Waals surface area contributed by atoms with E-state index in [1.54, 1.807) is 0 Å². The van der Waals surface area contributed by atoms with Crippen molar-refractivity contribution in [3.63, 3.8) is 0 Å². The number of anilines is 1. The van der Waals surface area contributed by atoms with Crippen molar-refractivity contribution in [3.05, 3.63) is 28.2 Å². The molecule has 2 aliphatic heterocycles. The maximum absolute atomic E-state index is 12.6. The van der Waals surface area contributed by atoms with E-state index in [2.05, 4.69) is 31.6 Å². The van der Waals surface area contributed by atoms with E-state index in [-0.39, 0.29) is 13.1 Å². The maximum atomic E-state index is 12.6. The molecule has 1 aromatic carbocycles. The van der Waals surface area contributed by atoms with E-state index in [9.17, 15) is 31.1 Å². The van der Waals surface area contributed by atoms with Crippen molar-refractivity contribution in [1.82, 2.24) is 9.80 Å². The van der Waals surface area contributed by atoms with Gasteiger partial charge in [0.15, 0.2) is 0 Å². The Morgan fingerprint density at radius 2 is 1.53 bits per heavy atom. The summed E-state index contributed by atoms with van der Waals surface area (Å²) in [6.07, 6.45) is -13.8. The van der Waals surface area contributed by atoms with E-state index in [4.69, 9.17) is 0 Å². The number of carbonyl (C=O) groups is 1. The fraction of sp³-hybridized carbons (Fsp3) is 0.650. The van der Waals surface area contributed by atoms with Gasteiger partial charge in [-0.25, -0.2) is 4.79 Å². The van der Waals surface area contributed by atoms with Gasteiger partial charge in [0.2, 0.25) is 0 Å². The highest BCUT2D eigenvalue weighted by Gasteiger charge is 2.60. The Morgan fingerprint density at radius 1 is 0.938 bits per heavy atom. The molecule has 0 bridgehead atoms. The lowest BCUT2D eigenvalue weighted by Gasteiger charge is -2.36. The van der Waals surface area contributed by atoms with Crippen molar-refractivity contribution in [2.24, 2.45) is 0 Å². The summed E-state index contributed by atoms with van der Waals surface area (Å²) in [7, 11) is 0. The van der Waals surface area contributed by atoms with Crippen LogP contribution in [0.25, 0.3) is 0 Å². The number of piperidine rings is 1. The van der Waals surface area contributed by atoms with Crippen molar-refractivity contribution >= 4 is 27.7 Å². The zero-order chi connectivity index (χ0) is 23.5. The third-order valence-corrected chi connectivity index (χ3v) is 6.08. The minimum Gasteiger partial charge on any atom is -0.426 e. The van der Waals surface area contributed by atoms with Crippen LogP contribution in [0.1, 0.15) is 24.8 Å². The molecule has 1 amide bonds. The number of carbonyl (C=O) groups excluding carboxylic acids is 1. The molecule has 32 heavy (non-hydrogen) atoms. The van der Waals surface area contributed by atoms with Crippen LogP contribution in [0.15, 0.2) is 22.7 Å². The molecule has 0 aromatic heterocycles. The van der Waals surface area contributed by atoms with Gasteiger partial charge >= 0.3 is 18.4 Å². The average molecular weight is 532 g/mol. The van der Waals surface area contributed by atoms with Gasteiger partial charge in [-0.05, 0) is 37.0 Å². The first-order valence-corrected chi connectivity index (χ1v) is 11.1. The zero-order valence-corrected chi connectivity index (χ0v) is 18.8. The molecule has 1 aromatic rings. The Bertz CT molecular complexity index is 777. The van der Waals surface area contributed by atoms with Gasteiger partial charge in [-0.15, -0.1) is 0 Å². The number of piperazine rings is 1. The molecular weight excluding hydrogens is 508 g/mol. The monoisotopic (exact) mass is 531 g/mol. The third-order valence-electron chi connectivity index (χ3n) is 5.58. The van der Waals surface area contributed by atoms with Crippen molar-refractivity contribution in [2.75, 3.05) is 44.2 Å². The molecule has 0 unspecified atom stereocenters. The summed E-state index contributed by atoms with van der Waals surface area (Å²) in [5.74, 6) is 0. The van der Waals surface area contributed by atoms with E-state index >= 15 is 0 Å². The second-order valence-corrected chi connectivity index (χ2v) is 8.85. The summed E-state index contributed by atoms with van der Waals surface area (Å²) in [6.45, 7) is 3.08. The minimum atomic E-state index is -5.72. The molecule has 12 heteroatoms. The summed E-state index contributed by atoms with van der Waals surface area (Å²) in [5, 5.41) is 0. The molecule has 0 atom stereocenters. The zero-order valence-electron chi connectivity index (χ0n) is 17.2. The van der Waals surface area contributed by atoms with Gasteiger partial charge in [0, 0.05) is 56.0 Å². The van der Waals surface area contributed by atoms with Gasteiger partial charge in [-0.3, -0.25) is 4.90 Å². The molecule has 0 spiro atoms. The van der Waals surface area contributed by atoms with E-state index in [1.807, 2.05) is 17.0 Å². The highest BCUT2D eigenvalue weighted by Crippen LogP contribution is 2.36. The molecule has 2 saturated heterocycles. The van der Waals surface area contributed by atoms with Crippen LogP contribution in [0, 0.1) is 0 Å². The predicted molar refractivity (Wildman–Crippen MR) is 109 cm³/mol. The molecule has 180 valence electrons. The molecule has 2 heterocycles. The second-order valence-electron chi connectivity index (χ2n) is 7.93. The summed E-state index contributed by atoms with van der Waals surface area (Å²) in [5.41, 5.74) is 2.19. The Hall–Kier alpha value is -1.69. The number of amides is 1. The first kappa shape index (κ1) is 24.9. The smallest absolute Gasteiger partial charge is 0.426 e. The Morgan fingerprint density at radius 3 is 2.09 bits per heavy atom. The summed E-state index contributed by atoms with van der Waals surface area (Å²) >= 11 is 3.50. The number of hydrogen-bond donors (Lipinski definition) is 0. The third kappa shape index (κ3) is 6.43. The number of hydrogen-bond acceptors (Lipinski definition) is 4. The van der Waals surface area contributed by atoms with Gasteiger partial charge in [-0.1, -0.05) is 22.0 Å². The molecule has 0 aliphatic carbocycles. The SMILES string of the molecule is O=C(OC(C(F)(F)F)C(F)(F)F)N1CCN(Cc2ccc(Br)cc2N2CCCCC2)CC1. The first-order valence-electron chi connectivity index (χ1n) is 10.3.